The first-order valence-corrected chi connectivity index (χ1v) is 10.1. The van der Waals surface area contributed by atoms with Crippen molar-refractivity contribution in [3.05, 3.63) is 78.4 Å². The molecule has 1 amide bonds. The number of hydrogen-bond donors (Lipinski definition) is 2. The Hall–Kier alpha value is -3.80. The zero-order chi connectivity index (χ0) is 20.5. The second-order valence-electron chi connectivity index (χ2n) is 7.54. The molecule has 0 unspecified atom stereocenters. The predicted octanol–water partition coefficient (Wildman–Crippen LogP) is 3.66. The van der Waals surface area contributed by atoms with Crippen LogP contribution in [0.5, 0.6) is 0 Å². The molecule has 3 N–H and O–H groups in total. The molecule has 5 rings (SSSR count). The van der Waals surface area contributed by atoms with Crippen LogP contribution in [-0.2, 0) is 0 Å². The van der Waals surface area contributed by atoms with E-state index in [0.29, 0.717) is 5.56 Å². The van der Waals surface area contributed by atoms with Crippen LogP contribution in [0.25, 0.3) is 22.4 Å². The first-order chi connectivity index (χ1) is 14.7. The largest absolute Gasteiger partial charge is 0.368 e. The number of H-pyrrole nitrogens is 1. The average molecular weight is 397 g/mol. The monoisotopic (exact) mass is 397 g/mol. The van der Waals surface area contributed by atoms with Gasteiger partial charge >= 0.3 is 0 Å². The lowest BCUT2D eigenvalue weighted by atomic mass is 10.1. The number of imidazole rings is 1. The van der Waals surface area contributed by atoms with E-state index in [0.717, 1.165) is 48.6 Å². The fourth-order valence-corrected chi connectivity index (χ4v) is 3.99. The number of benzene rings is 3. The SMILES string of the molecule is NC(=O)c1ccc2nc(-c3ccc(N4CCN(c5ccccc5)CC4)cc3)[nH]c2c1. The van der Waals surface area contributed by atoms with Crippen LogP contribution in [0.4, 0.5) is 11.4 Å². The molecule has 0 saturated carbocycles. The van der Waals surface area contributed by atoms with Crippen molar-refractivity contribution in [2.24, 2.45) is 5.73 Å². The van der Waals surface area contributed by atoms with Gasteiger partial charge in [-0.25, -0.2) is 4.98 Å². The second-order valence-corrected chi connectivity index (χ2v) is 7.54. The van der Waals surface area contributed by atoms with Crippen molar-refractivity contribution in [1.29, 1.82) is 0 Å². The Kier molecular flexibility index (Phi) is 4.59. The third-order valence-corrected chi connectivity index (χ3v) is 5.67. The van der Waals surface area contributed by atoms with Gasteiger partial charge in [-0.3, -0.25) is 4.79 Å². The Morgan fingerprint density at radius 3 is 2.10 bits per heavy atom. The smallest absolute Gasteiger partial charge is 0.248 e. The van der Waals surface area contributed by atoms with E-state index in [2.05, 4.69) is 74.4 Å². The third-order valence-electron chi connectivity index (χ3n) is 5.67. The number of hydrogen-bond acceptors (Lipinski definition) is 4. The maximum atomic E-state index is 11.4. The van der Waals surface area contributed by atoms with Crippen LogP contribution < -0.4 is 15.5 Å². The molecule has 3 aromatic carbocycles. The molecule has 0 aliphatic carbocycles. The number of fused-ring (bicyclic) bond motifs is 1. The standard InChI is InChI=1S/C24H23N5O/c25-23(30)18-8-11-21-22(16-18)27-24(26-21)17-6-9-20(10-7-17)29-14-12-28(13-15-29)19-4-2-1-3-5-19/h1-11,16H,12-15H2,(H2,25,30)(H,26,27). The molecule has 1 fully saturated rings. The summed E-state index contributed by atoms with van der Waals surface area (Å²) in [6, 6.07) is 24.3. The number of anilines is 2. The van der Waals surface area contributed by atoms with Crippen LogP contribution in [0.15, 0.2) is 72.8 Å². The summed E-state index contributed by atoms with van der Waals surface area (Å²) in [5, 5.41) is 0. The topological polar surface area (TPSA) is 78.2 Å². The van der Waals surface area contributed by atoms with Crippen molar-refractivity contribution in [2.45, 2.75) is 0 Å². The van der Waals surface area contributed by atoms with Gasteiger partial charge in [0.05, 0.1) is 11.0 Å². The molecule has 4 aromatic rings. The summed E-state index contributed by atoms with van der Waals surface area (Å²) < 4.78 is 0. The molecule has 150 valence electrons. The minimum absolute atomic E-state index is 0.440. The van der Waals surface area contributed by atoms with E-state index >= 15 is 0 Å². The number of nitrogens with two attached hydrogens (primary N) is 1. The molecule has 1 saturated heterocycles. The summed E-state index contributed by atoms with van der Waals surface area (Å²) in [6.45, 7) is 4.01. The molecule has 0 atom stereocenters. The van der Waals surface area contributed by atoms with E-state index in [1.54, 1.807) is 12.1 Å². The summed E-state index contributed by atoms with van der Waals surface area (Å²) in [5.41, 5.74) is 11.0. The molecule has 1 aromatic heterocycles. The molecule has 30 heavy (non-hydrogen) atoms. The Balaban J connectivity index is 1.30. The molecule has 2 heterocycles. The third kappa shape index (κ3) is 3.48. The number of carbonyl (C=O) groups is 1. The second kappa shape index (κ2) is 7.55. The molecule has 0 radical (unpaired) electrons. The molecule has 0 bridgehead atoms. The van der Waals surface area contributed by atoms with Crippen molar-refractivity contribution in [3.63, 3.8) is 0 Å². The Bertz CT molecular complexity index is 1180. The van der Waals surface area contributed by atoms with Crippen molar-refractivity contribution in [2.75, 3.05) is 36.0 Å². The van der Waals surface area contributed by atoms with Gasteiger partial charge in [0.25, 0.3) is 0 Å². The molecular formula is C24H23N5O. The number of rotatable bonds is 4. The number of nitrogens with zero attached hydrogens (tertiary/aromatic N) is 3. The van der Waals surface area contributed by atoms with Gasteiger partial charge in [-0.05, 0) is 54.6 Å². The quantitative estimate of drug-likeness (QED) is 0.551. The lowest BCUT2D eigenvalue weighted by Gasteiger charge is -2.37. The molecule has 1 aliphatic heterocycles. The maximum absolute atomic E-state index is 11.4. The number of para-hydroxylation sites is 1. The summed E-state index contributed by atoms with van der Waals surface area (Å²) in [6.07, 6.45) is 0. The molecule has 6 nitrogen and oxygen atoms in total. The van der Waals surface area contributed by atoms with Crippen molar-refractivity contribution < 1.29 is 4.79 Å². The van der Waals surface area contributed by atoms with E-state index in [9.17, 15) is 4.79 Å². The van der Waals surface area contributed by atoms with Crippen molar-refractivity contribution in [3.8, 4) is 11.4 Å². The van der Waals surface area contributed by atoms with Gasteiger partial charge < -0.3 is 20.5 Å². The summed E-state index contributed by atoms with van der Waals surface area (Å²) in [4.78, 5) is 24.2. The van der Waals surface area contributed by atoms with Gasteiger partial charge in [0.15, 0.2) is 0 Å². The average Bonchev–Trinajstić information content (AvgIpc) is 3.23. The highest BCUT2D eigenvalue weighted by atomic mass is 16.1. The lowest BCUT2D eigenvalue weighted by Crippen LogP contribution is -2.46. The predicted molar refractivity (Wildman–Crippen MR) is 121 cm³/mol. The minimum atomic E-state index is -0.440. The van der Waals surface area contributed by atoms with E-state index < -0.39 is 5.91 Å². The normalized spacial score (nSPS) is 14.3. The number of carbonyl (C=O) groups excluding carboxylic acids is 1. The minimum Gasteiger partial charge on any atom is -0.368 e. The fraction of sp³-hybridized carbons (Fsp3) is 0.167. The van der Waals surface area contributed by atoms with Crippen molar-refractivity contribution >= 4 is 28.3 Å². The number of aromatic nitrogens is 2. The van der Waals surface area contributed by atoms with Gasteiger partial charge in [-0.15, -0.1) is 0 Å². The molecule has 6 heteroatoms. The molecular weight excluding hydrogens is 374 g/mol. The van der Waals surface area contributed by atoms with Gasteiger partial charge in [-0.2, -0.15) is 0 Å². The van der Waals surface area contributed by atoms with Crippen LogP contribution in [-0.4, -0.2) is 42.1 Å². The zero-order valence-electron chi connectivity index (χ0n) is 16.6. The summed E-state index contributed by atoms with van der Waals surface area (Å²) in [5.74, 6) is 0.344. The highest BCUT2D eigenvalue weighted by Crippen LogP contribution is 2.25. The van der Waals surface area contributed by atoms with E-state index in [4.69, 9.17) is 5.73 Å². The number of primary amides is 1. The first-order valence-electron chi connectivity index (χ1n) is 10.1. The zero-order valence-corrected chi connectivity index (χ0v) is 16.6. The van der Waals surface area contributed by atoms with Crippen LogP contribution in [0.3, 0.4) is 0 Å². The summed E-state index contributed by atoms with van der Waals surface area (Å²) in [7, 11) is 0. The fourth-order valence-electron chi connectivity index (χ4n) is 3.99. The van der Waals surface area contributed by atoms with E-state index in [1.807, 2.05) is 6.07 Å². The number of nitrogens with one attached hydrogen (secondary N) is 1. The number of aromatic amines is 1. The lowest BCUT2D eigenvalue weighted by molar-refractivity contribution is 0.100. The van der Waals surface area contributed by atoms with E-state index in [-0.39, 0.29) is 0 Å². The molecule has 0 spiro atoms. The van der Waals surface area contributed by atoms with Gasteiger partial charge in [0, 0.05) is 48.7 Å². The van der Waals surface area contributed by atoms with E-state index in [1.165, 1.54) is 11.4 Å². The van der Waals surface area contributed by atoms with Crippen LogP contribution in [0.2, 0.25) is 0 Å². The Labute approximate surface area is 174 Å². The number of amides is 1. The van der Waals surface area contributed by atoms with Crippen LogP contribution >= 0.6 is 0 Å². The highest BCUT2D eigenvalue weighted by molar-refractivity contribution is 5.96. The van der Waals surface area contributed by atoms with Crippen molar-refractivity contribution in [1.82, 2.24) is 9.97 Å². The molecule has 1 aliphatic rings. The van der Waals surface area contributed by atoms with Gasteiger partial charge in [0.2, 0.25) is 5.91 Å². The van der Waals surface area contributed by atoms with Crippen LogP contribution in [0.1, 0.15) is 10.4 Å². The summed E-state index contributed by atoms with van der Waals surface area (Å²) >= 11 is 0. The van der Waals surface area contributed by atoms with Gasteiger partial charge in [-0.1, -0.05) is 18.2 Å². The first kappa shape index (κ1) is 18.2. The Morgan fingerprint density at radius 2 is 1.47 bits per heavy atom. The van der Waals surface area contributed by atoms with Gasteiger partial charge in [0.1, 0.15) is 5.82 Å². The number of piperazine rings is 1. The maximum Gasteiger partial charge on any atom is 0.248 e. The van der Waals surface area contributed by atoms with Crippen LogP contribution in [0, 0.1) is 0 Å². The highest BCUT2D eigenvalue weighted by Gasteiger charge is 2.17. The Morgan fingerprint density at radius 1 is 0.833 bits per heavy atom.